The minimum Gasteiger partial charge on any atom is -0.330 e. The lowest BCUT2D eigenvalue weighted by Gasteiger charge is -2.01. The zero-order valence-corrected chi connectivity index (χ0v) is 12.5. The second-order valence-electron chi connectivity index (χ2n) is 4.17. The molecule has 1 heterocycles. The number of rotatable bonds is 6. The maximum absolute atomic E-state index is 10.9. The maximum atomic E-state index is 10.9. The van der Waals surface area contributed by atoms with Crippen molar-refractivity contribution in [1.29, 1.82) is 0 Å². The quantitative estimate of drug-likeness (QED) is 0.824. The number of carbonyl (C=O) groups excluding carboxylic acids is 1. The molecule has 0 aliphatic rings. The smallest absolute Gasteiger partial charge is 0.210 e. The first-order valence-electron chi connectivity index (χ1n) is 5.93. The number of hydrogen-bond acceptors (Lipinski definition) is 6. The van der Waals surface area contributed by atoms with E-state index in [4.69, 9.17) is 0 Å². The Balaban J connectivity index is 1.92. The molecule has 0 amide bonds. The summed E-state index contributed by atoms with van der Waals surface area (Å²) in [6.07, 6.45) is 0.574. The van der Waals surface area contributed by atoms with E-state index in [0.717, 1.165) is 20.9 Å². The van der Waals surface area contributed by atoms with E-state index in [1.165, 1.54) is 16.9 Å². The molecule has 1 N–H and O–H groups in total. The summed E-state index contributed by atoms with van der Waals surface area (Å²) in [5.74, 6) is 0.962. The third-order valence-corrected chi connectivity index (χ3v) is 4.33. The molecule has 100 valence electrons. The molecule has 0 saturated heterocycles. The van der Waals surface area contributed by atoms with Gasteiger partial charge in [-0.1, -0.05) is 35.2 Å². The lowest BCUT2D eigenvalue weighted by Crippen LogP contribution is -1.91. The van der Waals surface area contributed by atoms with Gasteiger partial charge < -0.3 is 5.32 Å². The van der Waals surface area contributed by atoms with Gasteiger partial charge in [-0.15, -0.1) is 10.2 Å². The molecule has 2 aromatic rings. The summed E-state index contributed by atoms with van der Waals surface area (Å²) in [6, 6.07) is 8.11. The first kappa shape index (κ1) is 14.0. The molecule has 4 nitrogen and oxygen atoms in total. The van der Waals surface area contributed by atoms with Gasteiger partial charge in [-0.3, -0.25) is 4.79 Å². The third kappa shape index (κ3) is 4.65. The van der Waals surface area contributed by atoms with Crippen LogP contribution in [-0.4, -0.2) is 21.7 Å². The average Bonchev–Trinajstić information content (AvgIpc) is 2.76. The van der Waals surface area contributed by atoms with Crippen molar-refractivity contribution in [2.24, 2.45) is 0 Å². The van der Waals surface area contributed by atoms with Crippen molar-refractivity contribution in [2.75, 3.05) is 11.1 Å². The standard InChI is InChI=1S/C13H15N3OS2/c1-9-4-3-5-11(8-9)14-12-15-16-13(19-12)18-7-6-10(2)17/h3-5,8H,6-7H2,1-2H3,(H,14,15). The van der Waals surface area contributed by atoms with Gasteiger partial charge >= 0.3 is 0 Å². The van der Waals surface area contributed by atoms with Gasteiger partial charge in [0.15, 0.2) is 4.34 Å². The Morgan fingerprint density at radius 1 is 1.42 bits per heavy atom. The van der Waals surface area contributed by atoms with E-state index in [9.17, 15) is 4.79 Å². The number of hydrogen-bond donors (Lipinski definition) is 1. The van der Waals surface area contributed by atoms with Crippen LogP contribution in [0.3, 0.4) is 0 Å². The minimum absolute atomic E-state index is 0.204. The number of nitrogens with one attached hydrogen (secondary N) is 1. The molecule has 0 bridgehead atoms. The predicted octanol–water partition coefficient (Wildman–Crippen LogP) is 3.66. The first-order valence-corrected chi connectivity index (χ1v) is 7.73. The van der Waals surface area contributed by atoms with Gasteiger partial charge in [-0.05, 0) is 31.5 Å². The Labute approximate surface area is 120 Å². The summed E-state index contributed by atoms with van der Waals surface area (Å²) in [6.45, 7) is 3.65. The van der Waals surface area contributed by atoms with Crippen molar-refractivity contribution in [3.05, 3.63) is 29.8 Å². The summed E-state index contributed by atoms with van der Waals surface area (Å²) in [4.78, 5) is 10.9. The minimum atomic E-state index is 0.204. The van der Waals surface area contributed by atoms with E-state index in [2.05, 4.69) is 21.6 Å². The normalized spacial score (nSPS) is 10.4. The molecule has 0 aliphatic heterocycles. The predicted molar refractivity (Wildman–Crippen MR) is 80.4 cm³/mol. The van der Waals surface area contributed by atoms with Crippen molar-refractivity contribution in [1.82, 2.24) is 10.2 Å². The molecule has 6 heteroatoms. The highest BCUT2D eigenvalue weighted by Crippen LogP contribution is 2.28. The van der Waals surface area contributed by atoms with E-state index in [-0.39, 0.29) is 5.78 Å². The highest BCUT2D eigenvalue weighted by molar-refractivity contribution is 8.01. The average molecular weight is 293 g/mol. The van der Waals surface area contributed by atoms with Gasteiger partial charge in [0, 0.05) is 17.9 Å². The number of thioether (sulfide) groups is 1. The van der Waals surface area contributed by atoms with Crippen LogP contribution in [0.4, 0.5) is 10.8 Å². The molecule has 1 aromatic heterocycles. The summed E-state index contributed by atoms with van der Waals surface area (Å²) in [5, 5.41) is 12.2. The van der Waals surface area contributed by atoms with Crippen LogP contribution in [0.25, 0.3) is 0 Å². The Kier molecular flexibility index (Phi) is 4.93. The van der Waals surface area contributed by atoms with Gasteiger partial charge in [0.1, 0.15) is 5.78 Å². The van der Waals surface area contributed by atoms with Crippen molar-refractivity contribution in [3.63, 3.8) is 0 Å². The molecule has 2 rings (SSSR count). The fraction of sp³-hybridized carbons (Fsp3) is 0.308. The molecule has 0 spiro atoms. The summed E-state index contributed by atoms with van der Waals surface area (Å²) in [5.41, 5.74) is 2.21. The van der Waals surface area contributed by atoms with Crippen molar-refractivity contribution < 1.29 is 4.79 Å². The van der Waals surface area contributed by atoms with Crippen LogP contribution in [0, 0.1) is 6.92 Å². The van der Waals surface area contributed by atoms with Crippen LogP contribution in [0.2, 0.25) is 0 Å². The van der Waals surface area contributed by atoms with E-state index < -0.39 is 0 Å². The second kappa shape index (κ2) is 6.68. The second-order valence-corrected chi connectivity index (χ2v) is 6.49. The fourth-order valence-corrected chi connectivity index (χ4v) is 3.33. The van der Waals surface area contributed by atoms with Gasteiger partial charge in [-0.25, -0.2) is 0 Å². The molecule has 1 aromatic carbocycles. The lowest BCUT2D eigenvalue weighted by molar-refractivity contribution is -0.116. The summed E-state index contributed by atoms with van der Waals surface area (Å²) < 4.78 is 0.886. The largest absolute Gasteiger partial charge is 0.330 e. The van der Waals surface area contributed by atoms with Gasteiger partial charge in [-0.2, -0.15) is 0 Å². The van der Waals surface area contributed by atoms with Gasteiger partial charge in [0.2, 0.25) is 5.13 Å². The molecule has 0 saturated carbocycles. The summed E-state index contributed by atoms with van der Waals surface area (Å²) >= 11 is 3.07. The van der Waals surface area contributed by atoms with Crippen LogP contribution in [0.15, 0.2) is 28.6 Å². The van der Waals surface area contributed by atoms with E-state index >= 15 is 0 Å². The zero-order valence-electron chi connectivity index (χ0n) is 10.8. The molecule has 0 unspecified atom stereocenters. The van der Waals surface area contributed by atoms with Gasteiger partial charge in [0.25, 0.3) is 0 Å². The monoisotopic (exact) mass is 293 g/mol. The lowest BCUT2D eigenvalue weighted by atomic mass is 10.2. The Morgan fingerprint density at radius 3 is 3.00 bits per heavy atom. The van der Waals surface area contributed by atoms with Crippen LogP contribution in [0.5, 0.6) is 0 Å². The molecular weight excluding hydrogens is 278 g/mol. The SMILES string of the molecule is CC(=O)CCSc1nnc(Nc2cccc(C)c2)s1. The first-order chi connectivity index (χ1) is 9.13. The number of carbonyl (C=O) groups is 1. The highest BCUT2D eigenvalue weighted by atomic mass is 32.2. The molecule has 0 atom stereocenters. The Hall–Kier alpha value is -1.40. The van der Waals surface area contributed by atoms with Crippen LogP contribution in [0.1, 0.15) is 18.9 Å². The Morgan fingerprint density at radius 2 is 2.26 bits per heavy atom. The van der Waals surface area contributed by atoms with E-state index in [1.807, 2.05) is 25.1 Å². The van der Waals surface area contributed by atoms with E-state index in [1.54, 1.807) is 18.7 Å². The number of aromatic nitrogens is 2. The zero-order chi connectivity index (χ0) is 13.7. The molecular formula is C13H15N3OS2. The summed E-state index contributed by atoms with van der Waals surface area (Å²) in [7, 11) is 0. The van der Waals surface area contributed by atoms with Gasteiger partial charge in [0.05, 0.1) is 0 Å². The highest BCUT2D eigenvalue weighted by Gasteiger charge is 2.05. The molecule has 0 radical (unpaired) electrons. The van der Waals surface area contributed by atoms with Crippen LogP contribution in [-0.2, 0) is 4.79 Å². The van der Waals surface area contributed by atoms with Crippen LogP contribution < -0.4 is 5.32 Å². The maximum Gasteiger partial charge on any atom is 0.210 e. The van der Waals surface area contributed by atoms with Crippen molar-refractivity contribution in [3.8, 4) is 0 Å². The topological polar surface area (TPSA) is 54.9 Å². The molecule has 0 fully saturated rings. The van der Waals surface area contributed by atoms with Crippen LogP contribution >= 0.6 is 23.1 Å². The number of aryl methyl sites for hydroxylation is 1. The third-order valence-electron chi connectivity index (χ3n) is 2.36. The fourth-order valence-electron chi connectivity index (χ4n) is 1.45. The van der Waals surface area contributed by atoms with Crippen molar-refractivity contribution in [2.45, 2.75) is 24.6 Å². The number of ketones is 1. The molecule has 0 aliphatic carbocycles. The molecule has 19 heavy (non-hydrogen) atoms. The number of nitrogens with zero attached hydrogens (tertiary/aromatic N) is 2. The number of anilines is 2. The van der Waals surface area contributed by atoms with Crippen molar-refractivity contribution >= 4 is 39.7 Å². The number of Topliss-reactive ketones (excluding diaryl/α,β-unsaturated/α-hetero) is 1. The van der Waals surface area contributed by atoms with E-state index in [0.29, 0.717) is 6.42 Å². The Bertz CT molecular complexity index is 569. The number of benzene rings is 1.